The number of rotatable bonds is 7. The highest BCUT2D eigenvalue weighted by atomic mass is 19.1. The molecule has 7 nitrogen and oxygen atoms in total. The molecule has 0 aliphatic rings. The quantitative estimate of drug-likeness (QED) is 0.224. The number of halogens is 1. The molecular weight excluding hydrogens is 467 g/mol. The van der Waals surface area contributed by atoms with E-state index in [-0.39, 0.29) is 11.5 Å². The Balaban J connectivity index is 1.38. The van der Waals surface area contributed by atoms with Gasteiger partial charge in [-0.25, -0.2) is 19.2 Å². The normalized spacial score (nSPS) is 11.2. The van der Waals surface area contributed by atoms with Crippen LogP contribution in [-0.4, -0.2) is 30.0 Å². The van der Waals surface area contributed by atoms with E-state index in [1.54, 1.807) is 18.3 Å². The Morgan fingerprint density at radius 3 is 2.62 bits per heavy atom. The molecule has 0 aliphatic carbocycles. The predicted molar refractivity (Wildman–Crippen MR) is 146 cm³/mol. The number of aryl methyl sites for hydroxylation is 2. The number of allylic oxidation sites excluding steroid dienone is 2. The molecule has 0 aliphatic heterocycles. The average Bonchev–Trinajstić information content (AvgIpc) is 3.56. The van der Waals surface area contributed by atoms with Crippen molar-refractivity contribution in [3.8, 4) is 11.3 Å². The molecule has 37 heavy (non-hydrogen) atoms. The third kappa shape index (κ3) is 4.66. The van der Waals surface area contributed by atoms with E-state index in [4.69, 9.17) is 0 Å². The minimum Gasteiger partial charge on any atom is -0.353 e. The summed E-state index contributed by atoms with van der Waals surface area (Å²) in [6, 6.07) is 15.9. The van der Waals surface area contributed by atoms with Gasteiger partial charge in [0, 0.05) is 36.8 Å². The zero-order valence-electron chi connectivity index (χ0n) is 20.7. The number of nitrogens with zero attached hydrogens (tertiary/aromatic N) is 4. The van der Waals surface area contributed by atoms with Crippen molar-refractivity contribution in [1.82, 2.24) is 24.1 Å². The Kier molecular flexibility index (Phi) is 6.17. The second-order valence-corrected chi connectivity index (χ2v) is 8.75. The van der Waals surface area contributed by atoms with Gasteiger partial charge in [-0.1, -0.05) is 24.8 Å². The van der Waals surface area contributed by atoms with Gasteiger partial charge < -0.3 is 19.4 Å². The van der Waals surface area contributed by atoms with Crippen molar-refractivity contribution in [2.45, 2.75) is 6.92 Å². The van der Waals surface area contributed by atoms with Gasteiger partial charge in [0.1, 0.15) is 29.0 Å². The van der Waals surface area contributed by atoms with Gasteiger partial charge in [-0.2, -0.15) is 0 Å². The first-order valence-electron chi connectivity index (χ1n) is 11.6. The molecule has 0 saturated carbocycles. The van der Waals surface area contributed by atoms with Gasteiger partial charge in [0.15, 0.2) is 5.94 Å². The van der Waals surface area contributed by atoms with Crippen molar-refractivity contribution in [3.63, 3.8) is 0 Å². The number of anilines is 1. The Hall–Kier alpha value is -4.94. The topological polar surface area (TPSA) is 80.5 Å². The number of nitrogens with one attached hydrogen (secondary N) is 2. The fourth-order valence-corrected chi connectivity index (χ4v) is 4.22. The largest absolute Gasteiger partial charge is 0.353 e. The molecule has 2 N–H and O–H groups in total. The van der Waals surface area contributed by atoms with Crippen molar-refractivity contribution >= 4 is 40.0 Å². The molecule has 5 aromatic rings. The van der Waals surface area contributed by atoms with Crippen LogP contribution in [0, 0.1) is 12.7 Å². The van der Waals surface area contributed by atoms with E-state index in [2.05, 4.69) is 26.8 Å². The van der Waals surface area contributed by atoms with Gasteiger partial charge in [0.25, 0.3) is 0 Å². The number of para-hydroxylation sites is 1. The van der Waals surface area contributed by atoms with Crippen LogP contribution in [0.1, 0.15) is 23.0 Å². The lowest BCUT2D eigenvalue weighted by Crippen LogP contribution is -2.00. The highest BCUT2D eigenvalue weighted by Crippen LogP contribution is 2.29. The van der Waals surface area contributed by atoms with Crippen LogP contribution in [0.3, 0.4) is 0 Å². The summed E-state index contributed by atoms with van der Waals surface area (Å²) in [5.41, 5.74) is 4.93. The number of hydrogen-bond acceptors (Lipinski definition) is 4. The number of imidazole rings is 2. The summed E-state index contributed by atoms with van der Waals surface area (Å²) in [5.74, 6) is 3.66. The number of benzene rings is 2. The maximum atomic E-state index is 13.4. The SMILES string of the molecule is C=C(/C=C\c1nc(NC(=C=O)c2cc3ccccc3[nH]2)cn1C)c1c(-c2ccc(F)cc2)nc(C)n1C. The lowest BCUT2D eigenvalue weighted by molar-refractivity contribution is 0.569. The summed E-state index contributed by atoms with van der Waals surface area (Å²) in [4.78, 5) is 24.2. The van der Waals surface area contributed by atoms with Crippen LogP contribution in [-0.2, 0) is 18.9 Å². The van der Waals surface area contributed by atoms with E-state index in [1.807, 2.05) is 78.6 Å². The van der Waals surface area contributed by atoms with Crippen molar-refractivity contribution in [3.05, 3.63) is 102 Å². The summed E-state index contributed by atoms with van der Waals surface area (Å²) in [6.45, 7) is 6.15. The van der Waals surface area contributed by atoms with Crippen LogP contribution < -0.4 is 5.32 Å². The third-order valence-corrected chi connectivity index (χ3v) is 6.24. The minimum atomic E-state index is -0.298. The molecule has 0 atom stereocenters. The smallest absolute Gasteiger partial charge is 0.152 e. The van der Waals surface area contributed by atoms with E-state index < -0.39 is 0 Å². The number of aromatic amines is 1. The molecule has 3 aromatic heterocycles. The third-order valence-electron chi connectivity index (χ3n) is 6.24. The molecule has 5 rings (SSSR count). The molecule has 0 amide bonds. The second kappa shape index (κ2) is 9.60. The highest BCUT2D eigenvalue weighted by molar-refractivity contribution is 5.96. The van der Waals surface area contributed by atoms with Crippen molar-refractivity contribution in [2.75, 3.05) is 5.32 Å². The standard InChI is InChI=1S/C29H25FN6O/c1-18(29-28(31-19(2)36(29)4)20-10-12-22(30)13-11-20)9-14-27-34-26(16-35(27)3)33-25(17-37)24-15-21-7-5-6-8-23(21)32-24/h5-16,32-33H,1H2,2-4H3/b14-9-. The number of aromatic nitrogens is 5. The Morgan fingerprint density at radius 2 is 1.89 bits per heavy atom. The molecule has 8 heteroatoms. The highest BCUT2D eigenvalue weighted by Gasteiger charge is 2.16. The molecule has 0 spiro atoms. The van der Waals surface area contributed by atoms with Crippen LogP contribution >= 0.6 is 0 Å². The molecule has 0 radical (unpaired) electrons. The summed E-state index contributed by atoms with van der Waals surface area (Å²) in [6.07, 6.45) is 5.50. The first-order valence-corrected chi connectivity index (χ1v) is 11.6. The van der Waals surface area contributed by atoms with Crippen LogP contribution in [0.5, 0.6) is 0 Å². The number of carbonyl (C=O) groups excluding carboxylic acids is 1. The monoisotopic (exact) mass is 492 g/mol. The van der Waals surface area contributed by atoms with Gasteiger partial charge in [-0.15, -0.1) is 0 Å². The molecular formula is C29H25FN6O. The summed E-state index contributed by atoms with van der Waals surface area (Å²) < 4.78 is 17.2. The molecule has 3 heterocycles. The van der Waals surface area contributed by atoms with Gasteiger partial charge in [-0.05, 0) is 61.0 Å². The van der Waals surface area contributed by atoms with Gasteiger partial charge in [0.05, 0.1) is 17.1 Å². The van der Waals surface area contributed by atoms with Crippen molar-refractivity contribution < 1.29 is 9.18 Å². The maximum absolute atomic E-state index is 13.4. The van der Waals surface area contributed by atoms with E-state index in [9.17, 15) is 9.18 Å². The number of H-pyrrole nitrogens is 1. The minimum absolute atomic E-state index is 0.267. The Morgan fingerprint density at radius 1 is 1.14 bits per heavy atom. The van der Waals surface area contributed by atoms with Crippen LogP contribution in [0.2, 0.25) is 0 Å². The molecule has 2 aromatic carbocycles. The van der Waals surface area contributed by atoms with Crippen molar-refractivity contribution in [2.24, 2.45) is 14.1 Å². The summed E-state index contributed by atoms with van der Waals surface area (Å²) >= 11 is 0. The second-order valence-electron chi connectivity index (χ2n) is 8.75. The zero-order chi connectivity index (χ0) is 26.1. The van der Waals surface area contributed by atoms with Crippen LogP contribution in [0.15, 0.2) is 73.4 Å². The number of fused-ring (bicyclic) bond motifs is 1. The zero-order valence-corrected chi connectivity index (χ0v) is 20.7. The van der Waals surface area contributed by atoms with Gasteiger partial charge in [-0.3, -0.25) is 0 Å². The molecule has 0 unspecified atom stereocenters. The molecule has 0 saturated heterocycles. The lowest BCUT2D eigenvalue weighted by atomic mass is 10.1. The fourth-order valence-electron chi connectivity index (χ4n) is 4.22. The molecule has 0 fully saturated rings. The molecule has 184 valence electrons. The van der Waals surface area contributed by atoms with Gasteiger partial charge in [0.2, 0.25) is 0 Å². The average molecular weight is 493 g/mol. The fraction of sp³-hybridized carbons (Fsp3) is 0.103. The molecule has 0 bridgehead atoms. The summed E-state index contributed by atoms with van der Waals surface area (Å²) in [5, 5.41) is 4.06. The van der Waals surface area contributed by atoms with E-state index >= 15 is 0 Å². The maximum Gasteiger partial charge on any atom is 0.152 e. The first-order chi connectivity index (χ1) is 17.8. The lowest BCUT2D eigenvalue weighted by Gasteiger charge is -2.07. The van der Waals surface area contributed by atoms with Crippen LogP contribution in [0.25, 0.3) is 39.5 Å². The first kappa shape index (κ1) is 23.8. The Labute approximate surface area is 213 Å². The van der Waals surface area contributed by atoms with E-state index in [0.717, 1.165) is 39.3 Å². The Bertz CT molecular complexity index is 1680. The van der Waals surface area contributed by atoms with Crippen molar-refractivity contribution in [1.29, 1.82) is 0 Å². The predicted octanol–water partition coefficient (Wildman–Crippen LogP) is 5.76. The van der Waals surface area contributed by atoms with E-state index in [0.29, 0.717) is 17.3 Å². The van der Waals surface area contributed by atoms with E-state index in [1.165, 1.54) is 12.1 Å². The van der Waals surface area contributed by atoms with Crippen LogP contribution in [0.4, 0.5) is 10.2 Å². The number of hydrogen-bond donors (Lipinski definition) is 2. The van der Waals surface area contributed by atoms with Gasteiger partial charge >= 0.3 is 0 Å². The summed E-state index contributed by atoms with van der Waals surface area (Å²) in [7, 11) is 3.79.